The maximum absolute atomic E-state index is 12.0. The number of nitrogens with one attached hydrogen (secondary N) is 1. The van der Waals surface area contributed by atoms with Crippen molar-refractivity contribution < 1.29 is 4.79 Å². The minimum Gasteiger partial charge on any atom is -0.368 e. The van der Waals surface area contributed by atoms with E-state index in [0.717, 1.165) is 43.6 Å². The van der Waals surface area contributed by atoms with Crippen LogP contribution in [0.15, 0.2) is 23.4 Å². The third-order valence-corrected chi connectivity index (χ3v) is 5.67. The molecule has 4 nitrogen and oxygen atoms in total. The van der Waals surface area contributed by atoms with E-state index in [1.807, 2.05) is 12.1 Å². The lowest BCUT2D eigenvalue weighted by Gasteiger charge is -2.39. The number of carbonyl (C=O) groups excluding carboxylic acids is 1. The number of hydrogen-bond donors (Lipinski definition) is 2. The lowest BCUT2D eigenvalue weighted by molar-refractivity contribution is -0.125. The highest BCUT2D eigenvalue weighted by molar-refractivity contribution is 7.99. The number of pyridine rings is 1. The molecular formula is C15H20ClN3OS. The van der Waals surface area contributed by atoms with Gasteiger partial charge in [0.15, 0.2) is 0 Å². The van der Waals surface area contributed by atoms with Crippen LogP contribution in [0, 0.1) is 0 Å². The molecule has 2 aliphatic rings. The number of amides is 1. The Bertz CT molecular complexity index is 520. The van der Waals surface area contributed by atoms with Gasteiger partial charge in [0.2, 0.25) is 5.91 Å². The van der Waals surface area contributed by atoms with Gasteiger partial charge in [-0.05, 0) is 50.7 Å². The molecule has 0 aromatic carbocycles. The van der Waals surface area contributed by atoms with Gasteiger partial charge in [0.1, 0.15) is 0 Å². The second-order valence-electron chi connectivity index (χ2n) is 6.02. The Balaban J connectivity index is 1.68. The fraction of sp³-hybridized carbons (Fsp3) is 0.600. The molecule has 0 bridgehead atoms. The number of thioether (sulfide) groups is 1. The summed E-state index contributed by atoms with van der Waals surface area (Å²) in [6, 6.07) is 4.26. The minimum absolute atomic E-state index is 0.205. The van der Waals surface area contributed by atoms with E-state index in [0.29, 0.717) is 16.3 Å². The van der Waals surface area contributed by atoms with E-state index in [1.165, 1.54) is 0 Å². The first-order valence-electron chi connectivity index (χ1n) is 7.43. The molecule has 1 aromatic rings. The molecule has 1 amide bonds. The van der Waals surface area contributed by atoms with Crippen molar-refractivity contribution in [2.45, 2.75) is 60.4 Å². The summed E-state index contributed by atoms with van der Waals surface area (Å²) >= 11 is 7.59. The molecular weight excluding hydrogens is 306 g/mol. The average Bonchev–Trinajstić information content (AvgIpc) is 3.25. The van der Waals surface area contributed by atoms with Gasteiger partial charge in [-0.1, -0.05) is 11.6 Å². The normalized spacial score (nSPS) is 29.3. The van der Waals surface area contributed by atoms with Crippen LogP contribution >= 0.6 is 23.4 Å². The summed E-state index contributed by atoms with van der Waals surface area (Å²) in [6.07, 6.45) is 7.73. The molecule has 1 aromatic heterocycles. The van der Waals surface area contributed by atoms with E-state index >= 15 is 0 Å². The topological polar surface area (TPSA) is 68.0 Å². The fourth-order valence-electron chi connectivity index (χ4n) is 2.97. The van der Waals surface area contributed by atoms with E-state index in [9.17, 15) is 4.79 Å². The van der Waals surface area contributed by atoms with Crippen molar-refractivity contribution >= 4 is 29.3 Å². The second kappa shape index (κ2) is 6.15. The predicted octanol–water partition coefficient (Wildman–Crippen LogP) is 2.75. The summed E-state index contributed by atoms with van der Waals surface area (Å²) in [7, 11) is 0. The summed E-state index contributed by atoms with van der Waals surface area (Å²) < 4.78 is 0. The van der Waals surface area contributed by atoms with Crippen molar-refractivity contribution in [1.82, 2.24) is 10.3 Å². The van der Waals surface area contributed by atoms with Crippen LogP contribution in [0.2, 0.25) is 5.02 Å². The average molecular weight is 326 g/mol. The third-order valence-electron chi connectivity index (χ3n) is 4.22. The van der Waals surface area contributed by atoms with Crippen molar-refractivity contribution in [2.75, 3.05) is 0 Å². The van der Waals surface area contributed by atoms with Crippen LogP contribution < -0.4 is 11.1 Å². The van der Waals surface area contributed by atoms with Gasteiger partial charge in [0, 0.05) is 17.5 Å². The van der Waals surface area contributed by atoms with Gasteiger partial charge in [0.25, 0.3) is 0 Å². The molecule has 2 atom stereocenters. The predicted molar refractivity (Wildman–Crippen MR) is 85.4 cm³/mol. The highest BCUT2D eigenvalue weighted by atomic mass is 35.5. The number of nitrogens with zero attached hydrogens (tertiary/aromatic N) is 1. The van der Waals surface area contributed by atoms with Gasteiger partial charge in [-0.15, -0.1) is 11.8 Å². The molecule has 0 radical (unpaired) electrons. The summed E-state index contributed by atoms with van der Waals surface area (Å²) in [5, 5.41) is 5.47. The smallest absolute Gasteiger partial charge is 0.237 e. The van der Waals surface area contributed by atoms with Gasteiger partial charge in [-0.3, -0.25) is 4.79 Å². The lowest BCUT2D eigenvalue weighted by Crippen LogP contribution is -2.59. The second-order valence-corrected chi connectivity index (χ2v) is 7.77. The Labute approximate surface area is 134 Å². The van der Waals surface area contributed by atoms with Crippen LogP contribution in [-0.4, -0.2) is 27.7 Å². The Hall–Kier alpha value is -0.780. The van der Waals surface area contributed by atoms with E-state index in [2.05, 4.69) is 10.3 Å². The molecule has 2 aliphatic carbocycles. The van der Waals surface area contributed by atoms with Gasteiger partial charge >= 0.3 is 0 Å². The monoisotopic (exact) mass is 325 g/mol. The Morgan fingerprint density at radius 2 is 2.24 bits per heavy atom. The molecule has 2 fully saturated rings. The molecule has 0 saturated heterocycles. The van der Waals surface area contributed by atoms with Crippen LogP contribution in [0.25, 0.3) is 0 Å². The van der Waals surface area contributed by atoms with Crippen molar-refractivity contribution in [3.05, 3.63) is 23.4 Å². The summed E-state index contributed by atoms with van der Waals surface area (Å²) in [4.78, 5) is 16.3. The zero-order chi connectivity index (χ0) is 14.9. The Morgan fingerprint density at radius 3 is 2.86 bits per heavy atom. The zero-order valence-electron chi connectivity index (χ0n) is 11.8. The molecule has 0 spiro atoms. The number of halogens is 1. The van der Waals surface area contributed by atoms with Crippen LogP contribution in [0.5, 0.6) is 0 Å². The number of primary amides is 1. The molecule has 2 saturated carbocycles. The molecule has 1 heterocycles. The quantitative estimate of drug-likeness (QED) is 0.873. The number of rotatable bonds is 5. The Kier molecular flexibility index (Phi) is 4.43. The first-order chi connectivity index (χ1) is 10.1. The lowest BCUT2D eigenvalue weighted by atomic mass is 9.80. The van der Waals surface area contributed by atoms with E-state index in [1.54, 1.807) is 18.0 Å². The van der Waals surface area contributed by atoms with E-state index < -0.39 is 5.54 Å². The van der Waals surface area contributed by atoms with E-state index in [-0.39, 0.29) is 5.91 Å². The SMILES string of the molecule is NC(=O)C1(NC2CC2)CCCC(Sc2ccc(Cl)cn2)C1. The molecule has 114 valence electrons. The van der Waals surface area contributed by atoms with Crippen molar-refractivity contribution in [1.29, 1.82) is 0 Å². The first kappa shape index (κ1) is 15.1. The van der Waals surface area contributed by atoms with Crippen LogP contribution in [0.4, 0.5) is 0 Å². The molecule has 21 heavy (non-hydrogen) atoms. The number of aromatic nitrogens is 1. The number of nitrogens with two attached hydrogens (primary N) is 1. The molecule has 3 N–H and O–H groups in total. The number of hydrogen-bond acceptors (Lipinski definition) is 4. The highest BCUT2D eigenvalue weighted by Crippen LogP contribution is 2.39. The van der Waals surface area contributed by atoms with Crippen LogP contribution in [0.3, 0.4) is 0 Å². The van der Waals surface area contributed by atoms with Crippen molar-refractivity contribution in [3.8, 4) is 0 Å². The third kappa shape index (κ3) is 3.71. The number of carbonyl (C=O) groups is 1. The van der Waals surface area contributed by atoms with Gasteiger partial charge in [-0.25, -0.2) is 4.98 Å². The van der Waals surface area contributed by atoms with Gasteiger partial charge in [0.05, 0.1) is 15.6 Å². The van der Waals surface area contributed by atoms with Gasteiger partial charge in [-0.2, -0.15) is 0 Å². The Morgan fingerprint density at radius 1 is 1.43 bits per heavy atom. The molecule has 3 rings (SSSR count). The molecule has 6 heteroatoms. The maximum atomic E-state index is 12.0. The highest BCUT2D eigenvalue weighted by Gasteiger charge is 2.44. The summed E-state index contributed by atoms with van der Waals surface area (Å²) in [5.41, 5.74) is 5.19. The zero-order valence-corrected chi connectivity index (χ0v) is 13.4. The van der Waals surface area contributed by atoms with Gasteiger partial charge < -0.3 is 11.1 Å². The van der Waals surface area contributed by atoms with Crippen molar-refractivity contribution in [3.63, 3.8) is 0 Å². The molecule has 2 unspecified atom stereocenters. The first-order valence-corrected chi connectivity index (χ1v) is 8.69. The molecule has 0 aliphatic heterocycles. The minimum atomic E-state index is -0.524. The van der Waals surface area contributed by atoms with Crippen molar-refractivity contribution in [2.24, 2.45) is 5.73 Å². The standard InChI is InChI=1S/C15H20ClN3OS/c16-10-3-6-13(18-9-10)21-12-2-1-7-15(8-12,14(17)20)19-11-4-5-11/h3,6,9,11-12,19H,1-2,4-5,7-8H2,(H2,17,20). The summed E-state index contributed by atoms with van der Waals surface area (Å²) in [6.45, 7) is 0. The summed E-state index contributed by atoms with van der Waals surface area (Å²) in [5.74, 6) is -0.205. The van der Waals surface area contributed by atoms with E-state index in [4.69, 9.17) is 17.3 Å². The fourth-order valence-corrected chi connectivity index (χ4v) is 4.34. The largest absolute Gasteiger partial charge is 0.368 e. The maximum Gasteiger partial charge on any atom is 0.237 e. The van der Waals surface area contributed by atoms with Crippen LogP contribution in [-0.2, 0) is 4.79 Å². The van der Waals surface area contributed by atoms with Crippen LogP contribution in [0.1, 0.15) is 38.5 Å².